The Balaban J connectivity index is 2.23. The van der Waals surface area contributed by atoms with Gasteiger partial charge in [-0.25, -0.2) is 5.10 Å². The van der Waals surface area contributed by atoms with Crippen molar-refractivity contribution in [3.8, 4) is 10.6 Å². The monoisotopic (exact) mass is 295 g/mol. The van der Waals surface area contributed by atoms with Crippen molar-refractivity contribution in [2.45, 2.75) is 19.3 Å². The third kappa shape index (κ3) is 1.79. The zero-order valence-electron chi connectivity index (χ0n) is 10.2. The molecule has 7 heteroatoms. The number of aromatic nitrogens is 2. The molecule has 0 aliphatic carbocycles. The van der Waals surface area contributed by atoms with Gasteiger partial charge in [-0.3, -0.25) is 9.59 Å². The normalized spacial score (nSPS) is 16.3. The van der Waals surface area contributed by atoms with E-state index in [4.69, 9.17) is 11.6 Å². The summed E-state index contributed by atoms with van der Waals surface area (Å²) in [5, 5.41) is 10.1. The van der Waals surface area contributed by atoms with Crippen LogP contribution in [0.2, 0.25) is 5.02 Å². The molecule has 0 unspecified atom stereocenters. The number of hydrogen-bond donors (Lipinski definition) is 2. The molecule has 0 atom stereocenters. The van der Waals surface area contributed by atoms with Crippen molar-refractivity contribution < 1.29 is 4.79 Å². The summed E-state index contributed by atoms with van der Waals surface area (Å²) >= 11 is 7.21. The molecule has 2 N–H and O–H groups in total. The largest absolute Gasteiger partial charge is 0.324 e. The first-order chi connectivity index (χ1) is 8.89. The highest BCUT2D eigenvalue weighted by molar-refractivity contribution is 7.12. The summed E-state index contributed by atoms with van der Waals surface area (Å²) < 4.78 is 0. The highest BCUT2D eigenvalue weighted by Crippen LogP contribution is 2.43. The lowest BCUT2D eigenvalue weighted by atomic mass is 9.85. The fraction of sp³-hybridized carbons (Fsp3) is 0.250. The molecular formula is C12H10ClN3O2S. The molecule has 3 rings (SSSR count). The average molecular weight is 296 g/mol. The van der Waals surface area contributed by atoms with Crippen LogP contribution in [0, 0.1) is 0 Å². The Morgan fingerprint density at radius 1 is 1.32 bits per heavy atom. The molecule has 1 amide bonds. The molecule has 0 saturated heterocycles. The van der Waals surface area contributed by atoms with Crippen molar-refractivity contribution in [1.29, 1.82) is 0 Å². The van der Waals surface area contributed by atoms with Gasteiger partial charge in [0, 0.05) is 5.56 Å². The molecule has 2 aromatic rings. The van der Waals surface area contributed by atoms with Crippen LogP contribution < -0.4 is 10.2 Å². The lowest BCUT2D eigenvalue weighted by Crippen LogP contribution is -2.26. The zero-order valence-corrected chi connectivity index (χ0v) is 11.8. The molecule has 0 fully saturated rings. The van der Waals surface area contributed by atoms with E-state index in [1.807, 2.05) is 19.9 Å². The topological polar surface area (TPSA) is 74.8 Å². The summed E-state index contributed by atoms with van der Waals surface area (Å²) in [6, 6.07) is 3.55. The lowest BCUT2D eigenvalue weighted by Gasteiger charge is -2.15. The number of carbonyl (C=O) groups is 1. The lowest BCUT2D eigenvalue weighted by molar-refractivity contribution is -0.119. The van der Waals surface area contributed by atoms with Crippen LogP contribution in [-0.4, -0.2) is 16.1 Å². The fourth-order valence-electron chi connectivity index (χ4n) is 2.10. The summed E-state index contributed by atoms with van der Waals surface area (Å²) in [6.07, 6.45) is 0. The van der Waals surface area contributed by atoms with E-state index in [0.29, 0.717) is 15.7 Å². The van der Waals surface area contributed by atoms with Gasteiger partial charge < -0.3 is 5.32 Å². The second kappa shape index (κ2) is 3.91. The third-order valence-corrected chi connectivity index (χ3v) is 4.35. The van der Waals surface area contributed by atoms with Crippen LogP contribution >= 0.6 is 22.9 Å². The van der Waals surface area contributed by atoms with E-state index in [-0.39, 0.29) is 10.8 Å². The summed E-state index contributed by atoms with van der Waals surface area (Å²) in [5.41, 5.74) is 1.55. The van der Waals surface area contributed by atoms with E-state index in [1.54, 1.807) is 6.07 Å². The predicted molar refractivity (Wildman–Crippen MR) is 74.8 cm³/mol. The van der Waals surface area contributed by atoms with Crippen molar-refractivity contribution in [2.75, 3.05) is 5.32 Å². The minimum absolute atomic E-state index is 0.0863. The number of halogens is 1. The van der Waals surface area contributed by atoms with Crippen LogP contribution in [-0.2, 0) is 10.2 Å². The van der Waals surface area contributed by atoms with E-state index in [1.165, 1.54) is 0 Å². The van der Waals surface area contributed by atoms with Gasteiger partial charge in [0.05, 0.1) is 16.1 Å². The Morgan fingerprint density at radius 3 is 2.68 bits per heavy atom. The molecule has 1 aromatic heterocycles. The maximum absolute atomic E-state index is 11.9. The van der Waals surface area contributed by atoms with E-state index in [2.05, 4.69) is 15.5 Å². The number of benzene rings is 1. The number of carbonyl (C=O) groups excluding carboxylic acids is 1. The highest BCUT2D eigenvalue weighted by atomic mass is 35.5. The fourth-order valence-corrected chi connectivity index (χ4v) is 2.96. The number of H-pyrrole nitrogens is 1. The van der Waals surface area contributed by atoms with Crippen molar-refractivity contribution in [3.63, 3.8) is 0 Å². The average Bonchev–Trinajstić information content (AvgIpc) is 2.85. The molecule has 0 radical (unpaired) electrons. The number of anilines is 1. The van der Waals surface area contributed by atoms with Crippen molar-refractivity contribution >= 4 is 34.5 Å². The van der Waals surface area contributed by atoms with Gasteiger partial charge in [-0.05, 0) is 31.5 Å². The van der Waals surface area contributed by atoms with Crippen molar-refractivity contribution in [2.24, 2.45) is 0 Å². The zero-order chi connectivity index (χ0) is 13.8. The number of hydrogen-bond acceptors (Lipinski definition) is 4. The number of nitrogens with zero attached hydrogens (tertiary/aromatic N) is 1. The number of nitrogens with one attached hydrogen (secondary N) is 2. The van der Waals surface area contributed by atoms with Crippen LogP contribution in [0.1, 0.15) is 19.4 Å². The van der Waals surface area contributed by atoms with E-state index >= 15 is 0 Å². The smallest absolute Gasteiger partial charge is 0.322 e. The molecule has 98 valence electrons. The number of rotatable bonds is 1. The molecule has 0 bridgehead atoms. The first-order valence-electron chi connectivity index (χ1n) is 5.61. The second-order valence-electron chi connectivity index (χ2n) is 4.88. The van der Waals surface area contributed by atoms with Crippen molar-refractivity contribution in [3.05, 3.63) is 32.4 Å². The van der Waals surface area contributed by atoms with Gasteiger partial charge in [-0.1, -0.05) is 22.9 Å². The number of aromatic amines is 1. The van der Waals surface area contributed by atoms with Crippen LogP contribution in [0.3, 0.4) is 0 Å². The quantitative estimate of drug-likeness (QED) is 0.848. The Labute approximate surface area is 117 Å². The first-order valence-corrected chi connectivity index (χ1v) is 6.80. The summed E-state index contributed by atoms with van der Waals surface area (Å²) in [5.74, 6) is -0.0863. The Morgan fingerprint density at radius 2 is 2.05 bits per heavy atom. The minimum Gasteiger partial charge on any atom is -0.324 e. The molecule has 1 aliphatic rings. The number of fused-ring (bicyclic) bond motifs is 1. The summed E-state index contributed by atoms with van der Waals surface area (Å²) in [6.45, 7) is 3.67. The van der Waals surface area contributed by atoms with Gasteiger partial charge in [-0.15, -0.1) is 0 Å². The summed E-state index contributed by atoms with van der Waals surface area (Å²) in [7, 11) is 0. The number of amides is 1. The van der Waals surface area contributed by atoms with Crippen LogP contribution in [0.4, 0.5) is 5.69 Å². The van der Waals surface area contributed by atoms with E-state index in [0.717, 1.165) is 22.5 Å². The van der Waals surface area contributed by atoms with Gasteiger partial charge in [0.1, 0.15) is 5.01 Å². The van der Waals surface area contributed by atoms with Crippen LogP contribution in [0.5, 0.6) is 0 Å². The molecule has 19 heavy (non-hydrogen) atoms. The van der Waals surface area contributed by atoms with Gasteiger partial charge in [0.2, 0.25) is 5.91 Å². The van der Waals surface area contributed by atoms with Crippen LogP contribution in [0.15, 0.2) is 16.9 Å². The second-order valence-corrected chi connectivity index (χ2v) is 6.25. The SMILES string of the molecule is CC1(C)C(=O)Nc2c(Cl)cc(-c3n[nH]c(=O)s3)cc21. The maximum atomic E-state index is 11.9. The molecule has 2 heterocycles. The molecule has 1 aromatic carbocycles. The van der Waals surface area contributed by atoms with Gasteiger partial charge >= 0.3 is 4.87 Å². The maximum Gasteiger partial charge on any atom is 0.322 e. The highest BCUT2D eigenvalue weighted by Gasteiger charge is 2.39. The standard InChI is InChI=1S/C12H10ClN3O2S/c1-12(2)6-3-5(9-15-16-11(18)19-9)4-7(13)8(6)14-10(12)17/h3-4H,1-2H3,(H,14,17)(H,16,18). The van der Waals surface area contributed by atoms with Gasteiger partial charge in [-0.2, -0.15) is 5.10 Å². The molecule has 0 saturated carbocycles. The molecular weight excluding hydrogens is 286 g/mol. The van der Waals surface area contributed by atoms with E-state index in [9.17, 15) is 9.59 Å². The first kappa shape index (κ1) is 12.4. The molecule has 0 spiro atoms. The Bertz CT molecular complexity index is 748. The Hall–Kier alpha value is -1.66. The minimum atomic E-state index is -0.643. The molecule has 1 aliphatic heterocycles. The van der Waals surface area contributed by atoms with Gasteiger partial charge in [0.25, 0.3) is 0 Å². The third-order valence-electron chi connectivity index (χ3n) is 3.25. The Kier molecular flexibility index (Phi) is 2.55. The van der Waals surface area contributed by atoms with E-state index < -0.39 is 5.41 Å². The van der Waals surface area contributed by atoms with Crippen molar-refractivity contribution in [1.82, 2.24) is 10.2 Å². The molecule has 5 nitrogen and oxygen atoms in total. The van der Waals surface area contributed by atoms with Gasteiger partial charge in [0.15, 0.2) is 0 Å². The van der Waals surface area contributed by atoms with Crippen LogP contribution in [0.25, 0.3) is 10.6 Å². The predicted octanol–water partition coefficient (Wildman–Crippen LogP) is 2.38. The summed E-state index contributed by atoms with van der Waals surface area (Å²) in [4.78, 5) is 22.9.